The third-order valence-electron chi connectivity index (χ3n) is 6.48. The van der Waals surface area contributed by atoms with Crippen molar-refractivity contribution >= 4 is 11.9 Å². The lowest BCUT2D eigenvalue weighted by Gasteiger charge is -2.31. The van der Waals surface area contributed by atoms with Crippen molar-refractivity contribution in [2.75, 3.05) is 33.7 Å². The van der Waals surface area contributed by atoms with E-state index in [1.807, 2.05) is 41.5 Å². The fraction of sp³-hybridized carbons (Fsp3) is 0.933. The maximum absolute atomic E-state index is 12.0. The lowest BCUT2D eigenvalue weighted by Crippen LogP contribution is -2.42. The molecule has 0 aliphatic heterocycles. The summed E-state index contributed by atoms with van der Waals surface area (Å²) in [5, 5.41) is 9.62. The molecule has 0 spiro atoms. The first-order chi connectivity index (χ1) is 18.0. The first kappa shape index (κ1) is 35.8. The van der Waals surface area contributed by atoms with Gasteiger partial charge < -0.3 is 33.5 Å². The van der Waals surface area contributed by atoms with Crippen molar-refractivity contribution in [3.63, 3.8) is 0 Å². The molecule has 0 aromatic carbocycles. The summed E-state index contributed by atoms with van der Waals surface area (Å²) < 4.78 is 32.3. The zero-order chi connectivity index (χ0) is 29.7. The molecule has 39 heavy (non-hydrogen) atoms. The Morgan fingerprint density at radius 2 is 1.38 bits per heavy atom. The van der Waals surface area contributed by atoms with E-state index in [0.717, 1.165) is 51.4 Å². The maximum Gasteiger partial charge on any atom is 0.338 e. The number of methoxy groups -OCH3 is 1. The predicted octanol–water partition coefficient (Wildman–Crippen LogP) is 5.20. The fourth-order valence-electron chi connectivity index (χ4n) is 4.59. The average molecular weight is 561 g/mol. The molecule has 2 aliphatic rings. The van der Waals surface area contributed by atoms with Crippen LogP contribution >= 0.6 is 0 Å². The summed E-state index contributed by atoms with van der Waals surface area (Å²) in [5.41, 5.74) is -1.89. The molecule has 0 radical (unpaired) electrons. The summed E-state index contributed by atoms with van der Waals surface area (Å²) in [6.45, 7) is 16.0. The van der Waals surface area contributed by atoms with Crippen molar-refractivity contribution < 1.29 is 43.1 Å². The van der Waals surface area contributed by atoms with Crippen LogP contribution in [-0.2, 0) is 38.0 Å². The van der Waals surface area contributed by atoms with Crippen LogP contribution in [0, 0.1) is 11.8 Å². The first-order valence-electron chi connectivity index (χ1n) is 14.5. The molecule has 0 amide bonds. The minimum Gasteiger partial charge on any atom is -0.458 e. The van der Waals surface area contributed by atoms with Crippen LogP contribution in [0.25, 0.3) is 0 Å². The number of hydrogen-bond acceptors (Lipinski definition) is 9. The second-order valence-corrected chi connectivity index (χ2v) is 13.3. The smallest absolute Gasteiger partial charge is 0.338 e. The normalized spacial score (nSPS) is 24.4. The number of carbonyl (C=O) groups is 2. The summed E-state index contributed by atoms with van der Waals surface area (Å²) in [6, 6.07) is 0. The van der Waals surface area contributed by atoms with Gasteiger partial charge in [0.2, 0.25) is 0 Å². The van der Waals surface area contributed by atoms with Gasteiger partial charge in [-0.05, 0) is 106 Å². The van der Waals surface area contributed by atoms with Gasteiger partial charge in [-0.25, -0.2) is 9.59 Å². The van der Waals surface area contributed by atoms with Gasteiger partial charge in [-0.2, -0.15) is 0 Å². The third kappa shape index (κ3) is 17.2. The Morgan fingerprint density at radius 1 is 0.795 bits per heavy atom. The highest BCUT2D eigenvalue weighted by molar-refractivity contribution is 5.78. The van der Waals surface area contributed by atoms with E-state index in [1.54, 1.807) is 21.0 Å². The summed E-state index contributed by atoms with van der Waals surface area (Å²) in [5.74, 6) is 0.148. The standard InChI is InChI=1S/C15H28O5.C15H28O4/c1-15(2,3)20-14(16)10-18-9-12-6-5-7-13(8-12)19-11-17-4;1-14(2,3)19-13(17)15(4,5)18-10-11-7-6-8-12(16)9-11/h12-13H,5-11H2,1-4H3;11-12,16H,6-10H2,1-5H3. The van der Waals surface area contributed by atoms with E-state index in [0.29, 0.717) is 31.8 Å². The highest BCUT2D eigenvalue weighted by Crippen LogP contribution is 2.28. The van der Waals surface area contributed by atoms with Crippen LogP contribution in [0.4, 0.5) is 0 Å². The Bertz CT molecular complexity index is 708. The van der Waals surface area contributed by atoms with E-state index in [1.165, 1.54) is 0 Å². The third-order valence-corrected chi connectivity index (χ3v) is 6.48. The van der Waals surface area contributed by atoms with Crippen LogP contribution < -0.4 is 0 Å². The molecule has 2 saturated carbocycles. The number of aliphatic hydroxyl groups is 1. The average Bonchev–Trinajstić information content (AvgIpc) is 2.80. The molecule has 9 nitrogen and oxygen atoms in total. The molecule has 9 heteroatoms. The van der Waals surface area contributed by atoms with Crippen LogP contribution in [-0.4, -0.2) is 79.8 Å². The van der Waals surface area contributed by atoms with Crippen LogP contribution in [0.5, 0.6) is 0 Å². The number of carbonyl (C=O) groups excluding carboxylic acids is 2. The fourth-order valence-corrected chi connectivity index (χ4v) is 4.59. The molecule has 1 N–H and O–H groups in total. The van der Waals surface area contributed by atoms with Crippen molar-refractivity contribution in [2.45, 2.75) is 136 Å². The largest absolute Gasteiger partial charge is 0.458 e. The molecule has 2 aliphatic carbocycles. The highest BCUT2D eigenvalue weighted by atomic mass is 16.7. The lowest BCUT2D eigenvalue weighted by atomic mass is 9.88. The number of esters is 2. The van der Waals surface area contributed by atoms with Crippen LogP contribution in [0.2, 0.25) is 0 Å². The van der Waals surface area contributed by atoms with E-state index in [-0.39, 0.29) is 30.8 Å². The van der Waals surface area contributed by atoms with E-state index >= 15 is 0 Å². The number of hydrogen-bond donors (Lipinski definition) is 1. The van der Waals surface area contributed by atoms with Gasteiger partial charge in [-0.1, -0.05) is 12.8 Å². The van der Waals surface area contributed by atoms with Gasteiger partial charge in [0.05, 0.1) is 25.4 Å². The molecule has 2 fully saturated rings. The van der Waals surface area contributed by atoms with Crippen LogP contribution in [0.3, 0.4) is 0 Å². The van der Waals surface area contributed by atoms with Crippen molar-refractivity contribution in [1.29, 1.82) is 0 Å². The summed E-state index contributed by atoms with van der Waals surface area (Å²) >= 11 is 0. The van der Waals surface area contributed by atoms with Gasteiger partial charge in [-0.15, -0.1) is 0 Å². The van der Waals surface area contributed by atoms with Gasteiger partial charge in [0.1, 0.15) is 24.6 Å². The zero-order valence-corrected chi connectivity index (χ0v) is 26.0. The number of aliphatic hydroxyl groups excluding tert-OH is 1. The van der Waals surface area contributed by atoms with Crippen LogP contribution in [0.15, 0.2) is 0 Å². The minimum absolute atomic E-state index is 0.0252. The summed E-state index contributed by atoms with van der Waals surface area (Å²) in [4.78, 5) is 23.5. The van der Waals surface area contributed by atoms with Crippen LogP contribution in [0.1, 0.15) is 107 Å². The van der Waals surface area contributed by atoms with Crippen molar-refractivity contribution in [1.82, 2.24) is 0 Å². The number of ether oxygens (including phenoxy) is 6. The quantitative estimate of drug-likeness (QED) is 0.269. The molecule has 0 aromatic rings. The molecule has 4 atom stereocenters. The van der Waals surface area contributed by atoms with Crippen molar-refractivity contribution in [3.8, 4) is 0 Å². The monoisotopic (exact) mass is 560 g/mol. The maximum atomic E-state index is 12.0. The Balaban J connectivity index is 0.000000391. The Kier molecular flexibility index (Phi) is 15.5. The Labute approximate surface area is 236 Å². The molecule has 0 heterocycles. The van der Waals surface area contributed by atoms with E-state index < -0.39 is 16.8 Å². The zero-order valence-electron chi connectivity index (χ0n) is 26.0. The Morgan fingerprint density at radius 3 is 1.95 bits per heavy atom. The second-order valence-electron chi connectivity index (χ2n) is 13.3. The lowest BCUT2D eigenvalue weighted by molar-refractivity contribution is -0.181. The molecule has 0 saturated heterocycles. The van der Waals surface area contributed by atoms with E-state index in [2.05, 4.69) is 0 Å². The van der Waals surface area contributed by atoms with Gasteiger partial charge in [-0.3, -0.25) is 0 Å². The molecular weight excluding hydrogens is 504 g/mol. The first-order valence-corrected chi connectivity index (χ1v) is 14.5. The highest BCUT2D eigenvalue weighted by Gasteiger charge is 2.34. The Hall–Kier alpha value is -1.26. The molecule has 4 unspecified atom stereocenters. The van der Waals surface area contributed by atoms with Gasteiger partial charge in [0.15, 0.2) is 5.60 Å². The van der Waals surface area contributed by atoms with Gasteiger partial charge in [0, 0.05) is 7.11 Å². The van der Waals surface area contributed by atoms with E-state index in [4.69, 9.17) is 28.4 Å². The van der Waals surface area contributed by atoms with Gasteiger partial charge in [0.25, 0.3) is 0 Å². The predicted molar refractivity (Wildman–Crippen MR) is 149 cm³/mol. The number of rotatable bonds is 11. The summed E-state index contributed by atoms with van der Waals surface area (Å²) in [7, 11) is 1.63. The van der Waals surface area contributed by atoms with Gasteiger partial charge >= 0.3 is 11.9 Å². The molecule has 230 valence electrons. The second kappa shape index (κ2) is 16.9. The SMILES string of the molecule is CC(C)(C)OC(=O)C(C)(C)OCC1CCCC(O)C1.COCOC1CCCC(COCC(=O)OC(C)(C)C)C1. The van der Waals surface area contributed by atoms with Crippen molar-refractivity contribution in [2.24, 2.45) is 11.8 Å². The van der Waals surface area contributed by atoms with Crippen molar-refractivity contribution in [3.05, 3.63) is 0 Å². The summed E-state index contributed by atoms with van der Waals surface area (Å²) in [6.07, 6.45) is 8.07. The minimum atomic E-state index is -0.935. The molecule has 0 aromatic heterocycles. The molecular formula is C30H56O9. The molecule has 2 rings (SSSR count). The topological polar surface area (TPSA) is 110 Å². The van der Waals surface area contributed by atoms with E-state index in [9.17, 15) is 14.7 Å². The molecule has 0 bridgehead atoms.